The summed E-state index contributed by atoms with van der Waals surface area (Å²) in [6, 6.07) is 25.7. The largest absolute Gasteiger partial charge is 0.336 e. The van der Waals surface area contributed by atoms with E-state index >= 15 is 0 Å². The van der Waals surface area contributed by atoms with Gasteiger partial charge in [-0.2, -0.15) is 0 Å². The number of carbonyl (C=O) groups is 1. The predicted molar refractivity (Wildman–Crippen MR) is 134 cm³/mol. The minimum Gasteiger partial charge on any atom is -0.292 e. The van der Waals surface area contributed by atoms with E-state index in [4.69, 9.17) is 0 Å². The molecule has 1 aliphatic carbocycles. The first-order valence-corrected chi connectivity index (χ1v) is 12.3. The number of hydrogen-bond acceptors (Lipinski definition) is 3. The van der Waals surface area contributed by atoms with Gasteiger partial charge in [0.2, 0.25) is 5.91 Å². The fourth-order valence-electron chi connectivity index (χ4n) is 6.12. The van der Waals surface area contributed by atoms with Crippen LogP contribution in [0, 0.1) is 0 Å². The van der Waals surface area contributed by atoms with E-state index in [-0.39, 0.29) is 23.7 Å². The standard InChI is InChI=1S/C29H29N3O2/c1-20(33)31-26-12-6-7-13-27(26)32(29(31)34)23-16-18-30(19-17-23)28-24-10-4-2-8-21(24)14-15-22-9-3-5-11-25(22)28/h2-13,23,28H,14-19H2,1H3. The van der Waals surface area contributed by atoms with Crippen LogP contribution in [0.5, 0.6) is 0 Å². The molecule has 1 aromatic heterocycles. The summed E-state index contributed by atoms with van der Waals surface area (Å²) >= 11 is 0. The number of aromatic nitrogens is 2. The summed E-state index contributed by atoms with van der Waals surface area (Å²) in [5.74, 6) is -0.232. The van der Waals surface area contributed by atoms with Crippen LogP contribution in [0.15, 0.2) is 77.6 Å². The van der Waals surface area contributed by atoms with Crippen LogP contribution < -0.4 is 5.69 Å². The number of fused-ring (bicyclic) bond motifs is 3. The SMILES string of the molecule is CC(=O)n1c(=O)n(C2CCN(C3c4ccccc4CCc4ccccc43)CC2)c2ccccc21. The van der Waals surface area contributed by atoms with Crippen molar-refractivity contribution in [1.82, 2.24) is 14.0 Å². The fourth-order valence-corrected chi connectivity index (χ4v) is 6.12. The van der Waals surface area contributed by atoms with Gasteiger partial charge in [-0.05, 0) is 60.1 Å². The maximum Gasteiger partial charge on any atom is 0.336 e. The van der Waals surface area contributed by atoms with Crippen molar-refractivity contribution < 1.29 is 4.79 Å². The van der Waals surface area contributed by atoms with Crippen molar-refractivity contribution in [1.29, 1.82) is 0 Å². The lowest BCUT2D eigenvalue weighted by atomic mass is 9.91. The Hall–Kier alpha value is -3.44. The Balaban J connectivity index is 1.35. The fraction of sp³-hybridized carbons (Fsp3) is 0.310. The molecule has 0 radical (unpaired) electrons. The monoisotopic (exact) mass is 451 g/mol. The van der Waals surface area contributed by atoms with Crippen molar-refractivity contribution >= 4 is 16.9 Å². The van der Waals surface area contributed by atoms with E-state index in [0.29, 0.717) is 5.52 Å². The molecule has 1 fully saturated rings. The molecular formula is C29H29N3O2. The van der Waals surface area contributed by atoms with Gasteiger partial charge in [-0.15, -0.1) is 0 Å². The number of carbonyl (C=O) groups excluding carboxylic acids is 1. The van der Waals surface area contributed by atoms with Crippen LogP contribution in [-0.2, 0) is 12.8 Å². The summed E-state index contributed by atoms with van der Waals surface area (Å²) in [6.45, 7) is 3.27. The van der Waals surface area contributed by atoms with Crippen LogP contribution in [0.25, 0.3) is 11.0 Å². The molecule has 0 saturated carbocycles. The van der Waals surface area contributed by atoms with Crippen molar-refractivity contribution in [2.45, 2.75) is 44.7 Å². The number of hydrogen-bond donors (Lipinski definition) is 0. The highest BCUT2D eigenvalue weighted by Crippen LogP contribution is 2.39. The summed E-state index contributed by atoms with van der Waals surface area (Å²) in [5.41, 5.74) is 7.04. The van der Waals surface area contributed by atoms with Crippen LogP contribution in [0.3, 0.4) is 0 Å². The summed E-state index contributed by atoms with van der Waals surface area (Å²) in [7, 11) is 0. The maximum atomic E-state index is 13.3. The van der Waals surface area contributed by atoms with E-state index in [9.17, 15) is 9.59 Å². The molecule has 1 saturated heterocycles. The number of aryl methyl sites for hydroxylation is 2. The summed E-state index contributed by atoms with van der Waals surface area (Å²) in [5, 5.41) is 0. The van der Waals surface area contributed by atoms with Gasteiger partial charge >= 0.3 is 5.69 Å². The quantitative estimate of drug-likeness (QED) is 0.431. The van der Waals surface area contributed by atoms with Crippen molar-refractivity contribution in [3.63, 3.8) is 0 Å². The number of likely N-dealkylation sites (tertiary alicyclic amines) is 1. The Morgan fingerprint density at radius 3 is 1.88 bits per heavy atom. The first-order valence-electron chi connectivity index (χ1n) is 12.3. The molecule has 6 rings (SSSR count). The Morgan fingerprint density at radius 1 is 0.765 bits per heavy atom. The van der Waals surface area contributed by atoms with Crippen LogP contribution in [0.1, 0.15) is 58.9 Å². The van der Waals surface area contributed by atoms with E-state index in [1.165, 1.54) is 33.7 Å². The molecule has 0 atom stereocenters. The highest BCUT2D eigenvalue weighted by Gasteiger charge is 2.33. The topological polar surface area (TPSA) is 47.2 Å². The zero-order valence-electron chi connectivity index (χ0n) is 19.5. The zero-order valence-corrected chi connectivity index (χ0v) is 19.5. The zero-order chi connectivity index (χ0) is 23.2. The molecule has 0 unspecified atom stereocenters. The number of para-hydroxylation sites is 2. The van der Waals surface area contributed by atoms with Crippen molar-refractivity contribution in [2.24, 2.45) is 0 Å². The number of benzene rings is 3. The lowest BCUT2D eigenvalue weighted by molar-refractivity contribution is 0.0934. The van der Waals surface area contributed by atoms with Crippen LogP contribution in [-0.4, -0.2) is 33.0 Å². The van der Waals surface area contributed by atoms with E-state index in [2.05, 4.69) is 53.4 Å². The average molecular weight is 452 g/mol. The molecular weight excluding hydrogens is 422 g/mol. The van der Waals surface area contributed by atoms with Crippen LogP contribution >= 0.6 is 0 Å². The third-order valence-corrected chi connectivity index (χ3v) is 7.69. The molecule has 5 nitrogen and oxygen atoms in total. The van der Waals surface area contributed by atoms with Gasteiger partial charge in [0.1, 0.15) is 0 Å². The highest BCUT2D eigenvalue weighted by atomic mass is 16.2. The molecule has 0 N–H and O–H groups in total. The maximum absolute atomic E-state index is 13.3. The Morgan fingerprint density at radius 2 is 1.29 bits per heavy atom. The van der Waals surface area contributed by atoms with Gasteiger partial charge in [-0.25, -0.2) is 9.36 Å². The number of rotatable bonds is 2. The highest BCUT2D eigenvalue weighted by molar-refractivity contribution is 5.89. The molecule has 3 aromatic carbocycles. The number of imidazole rings is 1. The second-order valence-electron chi connectivity index (χ2n) is 9.56. The summed E-state index contributed by atoms with van der Waals surface area (Å²) in [4.78, 5) is 28.1. The van der Waals surface area contributed by atoms with Gasteiger partial charge < -0.3 is 0 Å². The van der Waals surface area contributed by atoms with Gasteiger partial charge in [0.15, 0.2) is 0 Å². The molecule has 4 aromatic rings. The Bertz CT molecular complexity index is 1390. The average Bonchev–Trinajstić information content (AvgIpc) is 3.05. The predicted octanol–water partition coefficient (Wildman–Crippen LogP) is 4.99. The minimum atomic E-state index is -0.232. The van der Waals surface area contributed by atoms with Gasteiger partial charge in [-0.3, -0.25) is 14.3 Å². The molecule has 0 bridgehead atoms. The van der Waals surface area contributed by atoms with E-state index in [0.717, 1.165) is 44.3 Å². The third kappa shape index (κ3) is 3.34. The van der Waals surface area contributed by atoms with E-state index < -0.39 is 0 Å². The summed E-state index contributed by atoms with van der Waals surface area (Å²) in [6.07, 6.45) is 3.90. The number of nitrogens with zero attached hydrogens (tertiary/aromatic N) is 3. The smallest absolute Gasteiger partial charge is 0.292 e. The van der Waals surface area contributed by atoms with Crippen LogP contribution in [0.2, 0.25) is 0 Å². The molecule has 2 aliphatic rings. The van der Waals surface area contributed by atoms with Crippen LogP contribution in [0.4, 0.5) is 0 Å². The van der Waals surface area contributed by atoms with Crippen molar-refractivity contribution in [3.05, 3.63) is 106 Å². The number of piperidine rings is 1. The lowest BCUT2D eigenvalue weighted by Crippen LogP contribution is -2.40. The molecule has 0 amide bonds. The Labute approximate surface area is 199 Å². The molecule has 5 heteroatoms. The summed E-state index contributed by atoms with van der Waals surface area (Å²) < 4.78 is 3.18. The van der Waals surface area contributed by atoms with E-state index in [1.807, 2.05) is 28.8 Å². The molecule has 172 valence electrons. The molecule has 2 heterocycles. The van der Waals surface area contributed by atoms with Gasteiger partial charge in [0.25, 0.3) is 0 Å². The van der Waals surface area contributed by atoms with Gasteiger partial charge in [0, 0.05) is 26.1 Å². The van der Waals surface area contributed by atoms with Gasteiger partial charge in [0.05, 0.1) is 17.1 Å². The minimum absolute atomic E-state index is 0.0884. The normalized spacial score (nSPS) is 17.3. The lowest BCUT2D eigenvalue weighted by Gasteiger charge is -2.39. The molecule has 34 heavy (non-hydrogen) atoms. The van der Waals surface area contributed by atoms with Crippen molar-refractivity contribution in [3.8, 4) is 0 Å². The van der Waals surface area contributed by atoms with Crippen molar-refractivity contribution in [2.75, 3.05) is 13.1 Å². The second kappa shape index (κ2) is 8.41. The van der Waals surface area contributed by atoms with E-state index in [1.54, 1.807) is 0 Å². The molecule has 1 aliphatic heterocycles. The second-order valence-corrected chi connectivity index (χ2v) is 9.56. The Kier molecular flexibility index (Phi) is 5.22. The first kappa shape index (κ1) is 21.1. The third-order valence-electron chi connectivity index (χ3n) is 7.69. The van der Waals surface area contributed by atoms with Gasteiger partial charge in [-0.1, -0.05) is 60.7 Å². The first-order chi connectivity index (χ1) is 16.6. The molecule has 0 spiro atoms.